The van der Waals surface area contributed by atoms with Gasteiger partial charge in [-0.05, 0) is 44.6 Å². The van der Waals surface area contributed by atoms with Crippen LogP contribution in [0.4, 0.5) is 13.2 Å². The molecule has 2 N–H and O–H groups in total. The first-order valence-corrected chi connectivity index (χ1v) is 10.3. The average molecular weight is 392 g/mol. The molecule has 27 heavy (non-hydrogen) atoms. The minimum absolute atomic E-state index is 0.0222. The third-order valence-electron chi connectivity index (χ3n) is 5.09. The summed E-state index contributed by atoms with van der Waals surface area (Å²) in [6, 6.07) is 0.0222. The first-order chi connectivity index (χ1) is 12.7. The van der Waals surface area contributed by atoms with E-state index < -0.39 is 12.7 Å². The summed E-state index contributed by atoms with van der Waals surface area (Å²) in [5, 5.41) is 6.57. The Morgan fingerprint density at radius 1 is 1.15 bits per heavy atom. The van der Waals surface area contributed by atoms with Gasteiger partial charge in [-0.1, -0.05) is 13.8 Å². The van der Waals surface area contributed by atoms with Crippen molar-refractivity contribution in [2.45, 2.75) is 52.3 Å². The first-order valence-electron chi connectivity index (χ1n) is 10.3. The third-order valence-corrected chi connectivity index (χ3v) is 5.09. The molecular formula is C19H36F3N5. The van der Waals surface area contributed by atoms with E-state index in [0.29, 0.717) is 31.3 Å². The smallest absolute Gasteiger partial charge is 0.357 e. The van der Waals surface area contributed by atoms with Gasteiger partial charge in [0.25, 0.3) is 0 Å². The van der Waals surface area contributed by atoms with E-state index in [-0.39, 0.29) is 6.04 Å². The fourth-order valence-corrected chi connectivity index (χ4v) is 4.06. The molecule has 5 nitrogen and oxygen atoms in total. The first kappa shape index (κ1) is 22.3. The molecule has 8 heteroatoms. The molecule has 2 fully saturated rings. The van der Waals surface area contributed by atoms with Crippen LogP contribution in [0.3, 0.4) is 0 Å². The molecule has 0 aromatic heterocycles. The van der Waals surface area contributed by atoms with Crippen molar-refractivity contribution in [3.8, 4) is 0 Å². The van der Waals surface area contributed by atoms with Gasteiger partial charge in [0.15, 0.2) is 5.96 Å². The van der Waals surface area contributed by atoms with Gasteiger partial charge in [0.2, 0.25) is 0 Å². The topological polar surface area (TPSA) is 42.9 Å². The lowest BCUT2D eigenvalue weighted by Crippen LogP contribution is -2.45. The van der Waals surface area contributed by atoms with Gasteiger partial charge in [-0.15, -0.1) is 0 Å². The Labute approximate surface area is 161 Å². The molecule has 0 radical (unpaired) electrons. The molecule has 2 heterocycles. The monoisotopic (exact) mass is 391 g/mol. The fraction of sp³-hybridized carbons (Fsp3) is 0.947. The van der Waals surface area contributed by atoms with Crippen LogP contribution in [0.2, 0.25) is 0 Å². The van der Waals surface area contributed by atoms with Crippen molar-refractivity contribution in [2.24, 2.45) is 16.8 Å². The van der Waals surface area contributed by atoms with Gasteiger partial charge < -0.3 is 15.5 Å². The Morgan fingerprint density at radius 3 is 2.59 bits per heavy atom. The number of hydrogen-bond donors (Lipinski definition) is 2. The predicted molar refractivity (Wildman–Crippen MR) is 104 cm³/mol. The second-order valence-corrected chi connectivity index (χ2v) is 8.36. The summed E-state index contributed by atoms with van der Waals surface area (Å²) in [7, 11) is 0. The Kier molecular flexibility index (Phi) is 8.66. The van der Waals surface area contributed by atoms with Crippen molar-refractivity contribution in [3.05, 3.63) is 0 Å². The molecule has 2 aliphatic heterocycles. The summed E-state index contributed by atoms with van der Waals surface area (Å²) in [6.07, 6.45) is -1.01. The minimum Gasteiger partial charge on any atom is -0.357 e. The van der Waals surface area contributed by atoms with E-state index in [1.165, 1.54) is 24.3 Å². The van der Waals surface area contributed by atoms with Crippen LogP contribution >= 0.6 is 0 Å². The highest BCUT2D eigenvalue weighted by Crippen LogP contribution is 2.20. The zero-order valence-corrected chi connectivity index (χ0v) is 17.0. The maximum absolute atomic E-state index is 12.6. The van der Waals surface area contributed by atoms with Gasteiger partial charge >= 0.3 is 6.18 Å². The lowest BCUT2D eigenvalue weighted by Gasteiger charge is -2.33. The molecular weight excluding hydrogens is 355 g/mol. The van der Waals surface area contributed by atoms with Crippen molar-refractivity contribution >= 4 is 5.96 Å². The van der Waals surface area contributed by atoms with Crippen LogP contribution in [0, 0.1) is 11.8 Å². The largest absolute Gasteiger partial charge is 0.401 e. The predicted octanol–water partition coefficient (Wildman–Crippen LogP) is 2.55. The van der Waals surface area contributed by atoms with Crippen molar-refractivity contribution in [1.29, 1.82) is 0 Å². The summed E-state index contributed by atoms with van der Waals surface area (Å²) in [6.45, 7) is 11.5. The van der Waals surface area contributed by atoms with E-state index in [9.17, 15) is 13.2 Å². The Bertz CT molecular complexity index is 467. The summed E-state index contributed by atoms with van der Waals surface area (Å²) in [5.74, 6) is 1.96. The highest BCUT2D eigenvalue weighted by atomic mass is 19.4. The molecule has 0 saturated carbocycles. The second kappa shape index (κ2) is 10.5. The van der Waals surface area contributed by atoms with Gasteiger partial charge in [0, 0.05) is 45.3 Å². The maximum atomic E-state index is 12.6. The number of guanidine groups is 1. The summed E-state index contributed by atoms with van der Waals surface area (Å²) >= 11 is 0. The number of nitrogens with zero attached hydrogens (tertiary/aromatic N) is 3. The van der Waals surface area contributed by atoms with E-state index in [2.05, 4.69) is 29.4 Å². The Balaban J connectivity index is 1.82. The number of halogens is 3. The molecule has 2 saturated heterocycles. The number of alkyl halides is 3. The van der Waals surface area contributed by atoms with Crippen LogP contribution in [0.5, 0.6) is 0 Å². The zero-order valence-electron chi connectivity index (χ0n) is 17.0. The summed E-state index contributed by atoms with van der Waals surface area (Å²) in [5.41, 5.74) is 0. The minimum atomic E-state index is -4.13. The molecule has 0 aliphatic carbocycles. The third kappa shape index (κ3) is 8.68. The van der Waals surface area contributed by atoms with Crippen LogP contribution in [-0.4, -0.2) is 80.3 Å². The molecule has 2 rings (SSSR count). The van der Waals surface area contributed by atoms with Crippen molar-refractivity contribution in [2.75, 3.05) is 52.4 Å². The molecule has 0 bridgehead atoms. The SMILES string of the molecule is CCNC(=NCC1CCCN(CC(C)C)C1)NC1CCN(CC(F)(F)F)C1. The number of rotatable bonds is 7. The number of hydrogen-bond acceptors (Lipinski definition) is 3. The van der Waals surface area contributed by atoms with Gasteiger partial charge in [-0.25, -0.2) is 0 Å². The summed E-state index contributed by atoms with van der Waals surface area (Å²) < 4.78 is 37.7. The molecule has 2 atom stereocenters. The van der Waals surface area contributed by atoms with Crippen molar-refractivity contribution in [1.82, 2.24) is 20.4 Å². The van der Waals surface area contributed by atoms with E-state index in [4.69, 9.17) is 4.99 Å². The highest BCUT2D eigenvalue weighted by Gasteiger charge is 2.34. The molecule has 0 aromatic carbocycles. The Morgan fingerprint density at radius 2 is 1.93 bits per heavy atom. The van der Waals surface area contributed by atoms with Gasteiger partial charge in [-0.3, -0.25) is 9.89 Å². The highest BCUT2D eigenvalue weighted by molar-refractivity contribution is 5.80. The zero-order chi connectivity index (χ0) is 19.9. The van der Waals surface area contributed by atoms with E-state index in [1.54, 1.807) is 0 Å². The Hall–Kier alpha value is -1.02. The molecule has 0 amide bonds. The number of nitrogens with one attached hydrogen (secondary N) is 2. The second-order valence-electron chi connectivity index (χ2n) is 8.36. The molecule has 2 unspecified atom stereocenters. The lowest BCUT2D eigenvalue weighted by molar-refractivity contribution is -0.143. The average Bonchev–Trinajstić information content (AvgIpc) is 2.97. The normalized spacial score (nSPS) is 26.0. The van der Waals surface area contributed by atoms with Gasteiger partial charge in [-0.2, -0.15) is 13.2 Å². The van der Waals surface area contributed by atoms with Crippen LogP contribution in [0.15, 0.2) is 4.99 Å². The van der Waals surface area contributed by atoms with E-state index in [1.807, 2.05) is 6.92 Å². The molecule has 158 valence electrons. The lowest BCUT2D eigenvalue weighted by atomic mass is 9.97. The van der Waals surface area contributed by atoms with Crippen LogP contribution < -0.4 is 10.6 Å². The van der Waals surface area contributed by atoms with Crippen molar-refractivity contribution < 1.29 is 13.2 Å². The number of likely N-dealkylation sites (tertiary alicyclic amines) is 2. The fourth-order valence-electron chi connectivity index (χ4n) is 4.06. The standard InChI is InChI=1S/C19H36F3N5/c1-4-23-18(25-17-7-9-27(13-17)14-19(20,21)22)24-10-16-6-5-8-26(12-16)11-15(2)3/h15-17H,4-14H2,1-3H3,(H2,23,24,25). The number of piperidine rings is 1. The van der Waals surface area contributed by atoms with Crippen molar-refractivity contribution in [3.63, 3.8) is 0 Å². The maximum Gasteiger partial charge on any atom is 0.401 e. The van der Waals surface area contributed by atoms with Gasteiger partial charge in [0.1, 0.15) is 0 Å². The quantitative estimate of drug-likeness (QED) is 0.517. The van der Waals surface area contributed by atoms with Crippen LogP contribution in [0.1, 0.15) is 40.0 Å². The van der Waals surface area contributed by atoms with Gasteiger partial charge in [0.05, 0.1) is 6.54 Å². The molecule has 0 aromatic rings. The van der Waals surface area contributed by atoms with E-state index in [0.717, 1.165) is 32.1 Å². The summed E-state index contributed by atoms with van der Waals surface area (Å²) in [4.78, 5) is 8.73. The van der Waals surface area contributed by atoms with E-state index >= 15 is 0 Å². The molecule has 0 spiro atoms. The van der Waals surface area contributed by atoms with Crippen LogP contribution in [0.25, 0.3) is 0 Å². The van der Waals surface area contributed by atoms with Crippen LogP contribution in [-0.2, 0) is 0 Å². The molecule has 2 aliphatic rings. The number of aliphatic imine (C=N–C) groups is 1.